The molecule has 1 heterocycles. The van der Waals surface area contributed by atoms with Crippen molar-refractivity contribution >= 4 is 23.2 Å². The van der Waals surface area contributed by atoms with E-state index in [2.05, 4.69) is 16.0 Å². The van der Waals surface area contributed by atoms with Crippen molar-refractivity contribution in [3.05, 3.63) is 0 Å². The summed E-state index contributed by atoms with van der Waals surface area (Å²) in [5.74, 6) is 0. The maximum atomic E-state index is 10.5. The number of hydrogen-bond donors (Lipinski definition) is 3. The standard InChI is InChI=1S/C3H6Cl2N3O.Na/c4-1-6-2(5)8-3(9)7-1;/h1-3,6-8H;/q-1;+1. The number of rotatable bonds is 0. The van der Waals surface area contributed by atoms with Gasteiger partial charge in [0.1, 0.15) is 11.2 Å². The summed E-state index contributed by atoms with van der Waals surface area (Å²) in [6.07, 6.45) is -1.09. The van der Waals surface area contributed by atoms with E-state index in [1.165, 1.54) is 0 Å². The molecular formula is C3H6Cl2N3NaO. The molecule has 0 saturated carbocycles. The van der Waals surface area contributed by atoms with E-state index >= 15 is 0 Å². The summed E-state index contributed by atoms with van der Waals surface area (Å²) < 4.78 is 0. The molecule has 1 aliphatic rings. The van der Waals surface area contributed by atoms with Gasteiger partial charge in [-0.05, 0) is 6.35 Å². The van der Waals surface area contributed by atoms with Crippen molar-refractivity contribution in [1.82, 2.24) is 16.0 Å². The van der Waals surface area contributed by atoms with Crippen LogP contribution in [0.25, 0.3) is 0 Å². The fraction of sp³-hybridized carbons (Fsp3) is 1.00. The minimum atomic E-state index is -1.09. The average molecular weight is 194 g/mol. The molecule has 10 heavy (non-hydrogen) atoms. The van der Waals surface area contributed by atoms with Crippen LogP contribution in [0.3, 0.4) is 0 Å². The largest absolute Gasteiger partial charge is 1.00 e. The topological polar surface area (TPSA) is 59.1 Å². The first kappa shape index (κ1) is 11.4. The van der Waals surface area contributed by atoms with Crippen LogP contribution in [-0.4, -0.2) is 17.6 Å². The molecule has 0 spiro atoms. The molecule has 0 aromatic carbocycles. The molecule has 1 rings (SSSR count). The van der Waals surface area contributed by atoms with Gasteiger partial charge in [0.05, 0.1) is 0 Å². The van der Waals surface area contributed by atoms with Crippen LogP contribution in [0.1, 0.15) is 0 Å². The maximum absolute atomic E-state index is 10.5. The SMILES string of the molecule is [Na+].[O-]C1NC(Cl)NC(Cl)N1. The second-order valence-electron chi connectivity index (χ2n) is 1.61. The molecule has 7 heteroatoms. The number of hydrogen-bond acceptors (Lipinski definition) is 4. The Kier molecular flexibility index (Phi) is 5.86. The van der Waals surface area contributed by atoms with Crippen LogP contribution in [0, 0.1) is 0 Å². The van der Waals surface area contributed by atoms with Crippen molar-refractivity contribution in [2.45, 2.75) is 17.6 Å². The van der Waals surface area contributed by atoms with E-state index in [9.17, 15) is 5.11 Å². The van der Waals surface area contributed by atoms with Gasteiger partial charge in [-0.25, -0.2) is 0 Å². The minimum absolute atomic E-state index is 0. The van der Waals surface area contributed by atoms with Crippen LogP contribution in [0.2, 0.25) is 0 Å². The van der Waals surface area contributed by atoms with Crippen molar-refractivity contribution in [3.8, 4) is 0 Å². The van der Waals surface area contributed by atoms with Gasteiger partial charge in [0.15, 0.2) is 0 Å². The van der Waals surface area contributed by atoms with Crippen molar-refractivity contribution in [3.63, 3.8) is 0 Å². The van der Waals surface area contributed by atoms with E-state index in [4.69, 9.17) is 23.2 Å². The fourth-order valence-electron chi connectivity index (χ4n) is 0.539. The van der Waals surface area contributed by atoms with Crippen LogP contribution >= 0.6 is 23.2 Å². The third-order valence-electron chi connectivity index (χ3n) is 0.888. The number of nitrogens with one attached hydrogen (secondary N) is 3. The van der Waals surface area contributed by atoms with E-state index in [0.717, 1.165) is 0 Å². The van der Waals surface area contributed by atoms with Crippen molar-refractivity contribution < 1.29 is 34.7 Å². The molecule has 1 saturated heterocycles. The Labute approximate surface area is 90.9 Å². The summed E-state index contributed by atoms with van der Waals surface area (Å²) in [5, 5.41) is 18.0. The van der Waals surface area contributed by atoms with Gasteiger partial charge in [-0.2, -0.15) is 0 Å². The molecule has 0 aliphatic carbocycles. The fourth-order valence-corrected chi connectivity index (χ4v) is 1.08. The molecule has 4 nitrogen and oxygen atoms in total. The summed E-state index contributed by atoms with van der Waals surface area (Å²) in [6, 6.07) is 0. The molecule has 0 radical (unpaired) electrons. The Morgan fingerprint density at radius 1 is 1.00 bits per heavy atom. The van der Waals surface area contributed by atoms with Gasteiger partial charge in [-0.15, -0.1) is 0 Å². The van der Waals surface area contributed by atoms with Gasteiger partial charge in [0.25, 0.3) is 0 Å². The molecule has 2 atom stereocenters. The molecular weight excluding hydrogens is 188 g/mol. The quantitative estimate of drug-likeness (QED) is 0.206. The van der Waals surface area contributed by atoms with E-state index in [0.29, 0.717) is 0 Å². The van der Waals surface area contributed by atoms with Crippen LogP contribution in [-0.2, 0) is 0 Å². The first-order chi connectivity index (χ1) is 4.18. The molecule has 3 N–H and O–H groups in total. The zero-order chi connectivity index (χ0) is 6.85. The molecule has 2 unspecified atom stereocenters. The molecule has 54 valence electrons. The first-order valence-corrected chi connectivity index (χ1v) is 3.28. The number of alkyl halides is 2. The van der Waals surface area contributed by atoms with Crippen LogP contribution in [0.5, 0.6) is 0 Å². The summed E-state index contributed by atoms with van der Waals surface area (Å²) in [4.78, 5) is 0. The van der Waals surface area contributed by atoms with Crippen LogP contribution in [0.15, 0.2) is 0 Å². The van der Waals surface area contributed by atoms with Gasteiger partial charge >= 0.3 is 29.6 Å². The summed E-state index contributed by atoms with van der Waals surface area (Å²) in [6.45, 7) is 0. The minimum Gasteiger partial charge on any atom is -0.829 e. The number of halogens is 2. The smallest absolute Gasteiger partial charge is 0.829 e. The first-order valence-electron chi connectivity index (χ1n) is 2.40. The Bertz CT molecular complexity index is 82.7. The second kappa shape index (κ2) is 5.13. The van der Waals surface area contributed by atoms with Gasteiger partial charge in [0.2, 0.25) is 0 Å². The Balaban J connectivity index is 0.000000810. The summed E-state index contributed by atoms with van der Waals surface area (Å²) in [7, 11) is 0. The Morgan fingerprint density at radius 2 is 1.40 bits per heavy atom. The molecule has 0 bridgehead atoms. The molecule has 0 aromatic heterocycles. The predicted octanol–water partition coefficient (Wildman–Crippen LogP) is -4.54. The van der Waals surface area contributed by atoms with E-state index in [1.54, 1.807) is 0 Å². The van der Waals surface area contributed by atoms with E-state index < -0.39 is 17.6 Å². The molecule has 0 amide bonds. The van der Waals surface area contributed by atoms with Gasteiger partial charge in [-0.3, -0.25) is 16.0 Å². The summed E-state index contributed by atoms with van der Waals surface area (Å²) in [5.41, 5.74) is -1.09. The van der Waals surface area contributed by atoms with E-state index in [-0.39, 0.29) is 29.6 Å². The van der Waals surface area contributed by atoms with Crippen LogP contribution in [0.4, 0.5) is 0 Å². The monoisotopic (exact) mass is 193 g/mol. The van der Waals surface area contributed by atoms with Crippen LogP contribution < -0.4 is 50.6 Å². The molecule has 1 fully saturated rings. The second-order valence-corrected chi connectivity index (χ2v) is 2.48. The molecule has 1 aliphatic heterocycles. The maximum Gasteiger partial charge on any atom is 1.00 e. The van der Waals surface area contributed by atoms with Gasteiger partial charge in [0, 0.05) is 0 Å². The van der Waals surface area contributed by atoms with Gasteiger partial charge < -0.3 is 5.11 Å². The van der Waals surface area contributed by atoms with Crippen molar-refractivity contribution in [1.29, 1.82) is 0 Å². The Morgan fingerprint density at radius 3 is 1.70 bits per heavy atom. The normalized spacial score (nSPS) is 40.5. The van der Waals surface area contributed by atoms with Crippen molar-refractivity contribution in [2.24, 2.45) is 0 Å². The molecule has 0 aromatic rings. The van der Waals surface area contributed by atoms with Gasteiger partial charge in [-0.1, -0.05) is 23.2 Å². The Hall–Kier alpha value is 1.42. The van der Waals surface area contributed by atoms with Crippen molar-refractivity contribution in [2.75, 3.05) is 0 Å². The zero-order valence-electron chi connectivity index (χ0n) is 5.40. The van der Waals surface area contributed by atoms with E-state index in [1.807, 2.05) is 0 Å². The third kappa shape index (κ3) is 3.71. The zero-order valence-corrected chi connectivity index (χ0v) is 8.91. The average Bonchev–Trinajstić information content (AvgIpc) is 1.59. The third-order valence-corrected chi connectivity index (χ3v) is 1.39. The predicted molar refractivity (Wildman–Crippen MR) is 32.5 cm³/mol. The summed E-state index contributed by atoms with van der Waals surface area (Å²) >= 11 is 10.9.